The second-order valence-electron chi connectivity index (χ2n) is 2.91. The van der Waals surface area contributed by atoms with E-state index in [1.807, 2.05) is 0 Å². The van der Waals surface area contributed by atoms with Crippen molar-refractivity contribution >= 4 is 17.8 Å². The van der Waals surface area contributed by atoms with Crippen LogP contribution in [0.5, 0.6) is 0 Å². The van der Waals surface area contributed by atoms with E-state index in [0.29, 0.717) is 0 Å². The number of carbonyl (C=O) groups is 3. The molecule has 0 aromatic carbocycles. The number of nitrogens with one attached hydrogen (secondary N) is 1. The molecule has 1 rings (SSSR count). The quantitative estimate of drug-likeness (QED) is 0.436. The molecule has 0 spiro atoms. The maximum absolute atomic E-state index is 11.1. The van der Waals surface area contributed by atoms with Gasteiger partial charge in [0.1, 0.15) is 6.04 Å². The van der Waals surface area contributed by atoms with Gasteiger partial charge < -0.3 is 10.0 Å². The van der Waals surface area contributed by atoms with Crippen LogP contribution in [0, 0.1) is 0 Å². The minimum Gasteiger partial charge on any atom is -0.478 e. The average molecular weight is 198 g/mol. The summed E-state index contributed by atoms with van der Waals surface area (Å²) in [5, 5.41) is 10.5. The third kappa shape index (κ3) is 2.32. The predicted octanol–water partition coefficient (Wildman–Crippen LogP) is -1.07. The van der Waals surface area contributed by atoms with Crippen molar-refractivity contribution in [2.45, 2.75) is 13.0 Å². The number of nitrogens with zero attached hydrogens (tertiary/aromatic N) is 1. The molecule has 6 nitrogen and oxygen atoms in total. The van der Waals surface area contributed by atoms with Crippen molar-refractivity contribution in [3.63, 3.8) is 0 Å². The molecule has 6 heteroatoms. The Morgan fingerprint density at radius 2 is 2.29 bits per heavy atom. The fraction of sp³-hybridized carbons (Fsp3) is 0.375. The Balaban J connectivity index is 2.71. The number of hydrogen-bond donors (Lipinski definition) is 2. The van der Waals surface area contributed by atoms with Gasteiger partial charge in [0.2, 0.25) is 11.8 Å². The van der Waals surface area contributed by atoms with E-state index in [-0.39, 0.29) is 6.54 Å². The summed E-state index contributed by atoms with van der Waals surface area (Å²) in [7, 11) is 0. The Kier molecular flexibility index (Phi) is 2.85. The van der Waals surface area contributed by atoms with Crippen LogP contribution in [0.2, 0.25) is 0 Å². The summed E-state index contributed by atoms with van der Waals surface area (Å²) in [6.07, 6.45) is 2.12. The van der Waals surface area contributed by atoms with E-state index in [0.717, 1.165) is 6.08 Å². The standard InChI is InChI=1S/C8H10N2O4/c1-5-8(14)9-6(11)4-10(5)3-2-7(12)13/h2-3,5H,4H2,1H3,(H,12,13)(H,9,11,14). The molecule has 1 atom stereocenters. The van der Waals surface area contributed by atoms with E-state index in [2.05, 4.69) is 5.32 Å². The molecule has 1 unspecified atom stereocenters. The molecule has 0 aromatic heterocycles. The molecule has 2 amide bonds. The second kappa shape index (κ2) is 3.91. The Labute approximate surface area is 80.2 Å². The predicted molar refractivity (Wildman–Crippen MR) is 46.1 cm³/mol. The van der Waals surface area contributed by atoms with E-state index < -0.39 is 23.8 Å². The Bertz CT molecular complexity index is 310. The van der Waals surface area contributed by atoms with Crippen molar-refractivity contribution in [1.29, 1.82) is 0 Å². The van der Waals surface area contributed by atoms with E-state index >= 15 is 0 Å². The zero-order valence-electron chi connectivity index (χ0n) is 7.56. The summed E-state index contributed by atoms with van der Waals surface area (Å²) in [5.74, 6) is -1.96. The second-order valence-corrected chi connectivity index (χ2v) is 2.91. The highest BCUT2D eigenvalue weighted by molar-refractivity contribution is 6.01. The number of aliphatic carboxylic acids is 1. The van der Waals surface area contributed by atoms with Gasteiger partial charge >= 0.3 is 5.97 Å². The average Bonchev–Trinajstić information content (AvgIpc) is 2.08. The monoisotopic (exact) mass is 198 g/mol. The fourth-order valence-corrected chi connectivity index (χ4v) is 1.08. The molecular weight excluding hydrogens is 188 g/mol. The Morgan fingerprint density at radius 3 is 2.86 bits per heavy atom. The van der Waals surface area contributed by atoms with E-state index in [1.54, 1.807) is 6.92 Å². The van der Waals surface area contributed by atoms with Gasteiger partial charge in [-0.05, 0) is 6.92 Å². The number of carboxylic acid groups (broad SMARTS) is 1. The first kappa shape index (κ1) is 10.2. The Morgan fingerprint density at radius 1 is 1.64 bits per heavy atom. The molecule has 0 bridgehead atoms. The van der Waals surface area contributed by atoms with Crippen LogP contribution < -0.4 is 5.32 Å². The lowest BCUT2D eigenvalue weighted by Crippen LogP contribution is -2.54. The number of carboxylic acids is 1. The molecule has 1 fully saturated rings. The number of hydrogen-bond acceptors (Lipinski definition) is 4. The minimum absolute atomic E-state index is 0.00329. The molecule has 76 valence electrons. The van der Waals surface area contributed by atoms with E-state index in [4.69, 9.17) is 5.11 Å². The highest BCUT2D eigenvalue weighted by atomic mass is 16.4. The van der Waals surface area contributed by atoms with Gasteiger partial charge in [-0.15, -0.1) is 0 Å². The third-order valence-electron chi connectivity index (χ3n) is 1.87. The van der Waals surface area contributed by atoms with Gasteiger partial charge in [-0.25, -0.2) is 4.79 Å². The van der Waals surface area contributed by atoms with Gasteiger partial charge in [0, 0.05) is 12.3 Å². The molecule has 0 aromatic rings. The highest BCUT2D eigenvalue weighted by Crippen LogP contribution is 2.04. The summed E-state index contributed by atoms with van der Waals surface area (Å²) in [6, 6.07) is -0.525. The third-order valence-corrected chi connectivity index (χ3v) is 1.87. The molecule has 1 saturated heterocycles. The molecule has 2 N–H and O–H groups in total. The lowest BCUT2D eigenvalue weighted by atomic mass is 10.2. The van der Waals surface area contributed by atoms with Gasteiger partial charge in [0.25, 0.3) is 0 Å². The smallest absolute Gasteiger partial charge is 0.329 e. The number of piperazine rings is 1. The van der Waals surface area contributed by atoms with Crippen molar-refractivity contribution in [3.8, 4) is 0 Å². The van der Waals surface area contributed by atoms with Crippen LogP contribution in [0.1, 0.15) is 6.92 Å². The van der Waals surface area contributed by atoms with Crippen LogP contribution in [0.15, 0.2) is 12.3 Å². The number of imide groups is 1. The van der Waals surface area contributed by atoms with Gasteiger partial charge in [-0.1, -0.05) is 0 Å². The SMILES string of the molecule is CC1C(=O)NC(=O)CN1C=CC(=O)O. The van der Waals surface area contributed by atoms with Gasteiger partial charge in [0.05, 0.1) is 6.54 Å². The van der Waals surface area contributed by atoms with Crippen LogP contribution in [0.25, 0.3) is 0 Å². The fourth-order valence-electron chi connectivity index (χ4n) is 1.08. The zero-order chi connectivity index (χ0) is 10.7. The maximum Gasteiger partial charge on any atom is 0.329 e. The van der Waals surface area contributed by atoms with Crippen molar-refractivity contribution in [2.75, 3.05) is 6.54 Å². The van der Waals surface area contributed by atoms with Crippen molar-refractivity contribution in [2.24, 2.45) is 0 Å². The minimum atomic E-state index is -1.12. The lowest BCUT2D eigenvalue weighted by molar-refractivity contribution is -0.138. The molecular formula is C8H10N2O4. The first-order valence-electron chi connectivity index (χ1n) is 4.01. The van der Waals surface area contributed by atoms with Crippen LogP contribution >= 0.6 is 0 Å². The molecule has 14 heavy (non-hydrogen) atoms. The topological polar surface area (TPSA) is 86.7 Å². The van der Waals surface area contributed by atoms with Crippen LogP contribution in [-0.2, 0) is 14.4 Å². The van der Waals surface area contributed by atoms with Crippen LogP contribution in [-0.4, -0.2) is 40.4 Å². The lowest BCUT2D eigenvalue weighted by Gasteiger charge is -2.30. The van der Waals surface area contributed by atoms with Crippen molar-refractivity contribution < 1.29 is 19.5 Å². The summed E-state index contributed by atoms with van der Waals surface area (Å²) < 4.78 is 0. The van der Waals surface area contributed by atoms with E-state index in [1.165, 1.54) is 11.1 Å². The first-order chi connectivity index (χ1) is 6.50. The maximum atomic E-state index is 11.1. The largest absolute Gasteiger partial charge is 0.478 e. The van der Waals surface area contributed by atoms with Gasteiger partial charge in [0.15, 0.2) is 0 Å². The van der Waals surface area contributed by atoms with Crippen molar-refractivity contribution in [3.05, 3.63) is 12.3 Å². The molecule has 1 heterocycles. The summed E-state index contributed by atoms with van der Waals surface area (Å²) in [4.78, 5) is 33.6. The summed E-state index contributed by atoms with van der Waals surface area (Å²) in [6.45, 7) is 1.59. The van der Waals surface area contributed by atoms with Crippen LogP contribution in [0.3, 0.4) is 0 Å². The molecule has 0 aliphatic carbocycles. The molecule has 0 saturated carbocycles. The normalized spacial score (nSPS) is 22.6. The van der Waals surface area contributed by atoms with Gasteiger partial charge in [-0.2, -0.15) is 0 Å². The first-order valence-corrected chi connectivity index (χ1v) is 4.01. The number of rotatable bonds is 2. The zero-order valence-corrected chi connectivity index (χ0v) is 7.56. The molecule has 1 aliphatic heterocycles. The van der Waals surface area contributed by atoms with Crippen LogP contribution in [0.4, 0.5) is 0 Å². The highest BCUT2D eigenvalue weighted by Gasteiger charge is 2.27. The molecule has 0 radical (unpaired) electrons. The molecule has 1 aliphatic rings. The van der Waals surface area contributed by atoms with Crippen molar-refractivity contribution in [1.82, 2.24) is 10.2 Å². The number of amides is 2. The Hall–Kier alpha value is -1.85. The van der Waals surface area contributed by atoms with E-state index in [9.17, 15) is 14.4 Å². The van der Waals surface area contributed by atoms with Gasteiger partial charge in [-0.3, -0.25) is 14.9 Å². The summed E-state index contributed by atoms with van der Waals surface area (Å²) in [5.41, 5.74) is 0. The number of carbonyl (C=O) groups excluding carboxylic acids is 2. The summed E-state index contributed by atoms with van der Waals surface area (Å²) >= 11 is 0.